The summed E-state index contributed by atoms with van der Waals surface area (Å²) in [5.74, 6) is 1.50. The Morgan fingerprint density at radius 3 is 3.05 bits per heavy atom. The first-order chi connectivity index (χ1) is 9.33. The molecule has 2 aromatic heterocycles. The Hall–Kier alpha value is -1.24. The Balaban J connectivity index is 1.66. The van der Waals surface area contributed by atoms with Gasteiger partial charge in [0.1, 0.15) is 0 Å². The highest BCUT2D eigenvalue weighted by molar-refractivity contribution is 7.07. The van der Waals surface area contributed by atoms with Gasteiger partial charge in [-0.2, -0.15) is 16.3 Å². The SMILES string of the molecule is CC(c1noc(Cc2ccsc2)n1)N1CCNCC1. The predicted molar refractivity (Wildman–Crippen MR) is 74.3 cm³/mol. The molecule has 0 aliphatic carbocycles. The van der Waals surface area contributed by atoms with Gasteiger partial charge in [-0.05, 0) is 29.3 Å². The number of rotatable bonds is 4. The summed E-state index contributed by atoms with van der Waals surface area (Å²) in [6.07, 6.45) is 0.727. The lowest BCUT2D eigenvalue weighted by atomic mass is 10.2. The topological polar surface area (TPSA) is 54.2 Å². The van der Waals surface area contributed by atoms with Crippen molar-refractivity contribution < 1.29 is 4.52 Å². The van der Waals surface area contributed by atoms with E-state index in [9.17, 15) is 0 Å². The molecule has 102 valence electrons. The molecule has 3 rings (SSSR count). The van der Waals surface area contributed by atoms with Crippen LogP contribution in [0.2, 0.25) is 0 Å². The minimum Gasteiger partial charge on any atom is -0.339 e. The third kappa shape index (κ3) is 3.02. The van der Waals surface area contributed by atoms with Gasteiger partial charge in [0, 0.05) is 26.2 Å². The van der Waals surface area contributed by atoms with Crippen molar-refractivity contribution in [3.8, 4) is 0 Å². The summed E-state index contributed by atoms with van der Waals surface area (Å²) in [5, 5.41) is 11.7. The zero-order valence-electron chi connectivity index (χ0n) is 11.0. The summed E-state index contributed by atoms with van der Waals surface area (Å²) in [7, 11) is 0. The summed E-state index contributed by atoms with van der Waals surface area (Å²) in [6, 6.07) is 2.32. The second-order valence-electron chi connectivity index (χ2n) is 4.82. The molecule has 0 aromatic carbocycles. The lowest BCUT2D eigenvalue weighted by molar-refractivity contribution is 0.176. The molecule has 0 amide bonds. The molecule has 1 N–H and O–H groups in total. The standard InChI is InChI=1S/C13H18N4OS/c1-10(17-5-3-14-4-6-17)13-15-12(18-16-13)8-11-2-7-19-9-11/h2,7,9-10,14H,3-6,8H2,1H3. The van der Waals surface area contributed by atoms with Crippen molar-refractivity contribution in [1.29, 1.82) is 0 Å². The van der Waals surface area contributed by atoms with E-state index in [2.05, 4.69) is 44.1 Å². The number of hydrogen-bond acceptors (Lipinski definition) is 6. The van der Waals surface area contributed by atoms with E-state index < -0.39 is 0 Å². The highest BCUT2D eigenvalue weighted by Crippen LogP contribution is 2.19. The van der Waals surface area contributed by atoms with Crippen molar-refractivity contribution in [3.05, 3.63) is 34.1 Å². The molecule has 1 fully saturated rings. The highest BCUT2D eigenvalue weighted by atomic mass is 32.1. The number of nitrogens with zero attached hydrogens (tertiary/aromatic N) is 3. The zero-order chi connectivity index (χ0) is 13.1. The van der Waals surface area contributed by atoms with E-state index in [0.717, 1.165) is 38.4 Å². The van der Waals surface area contributed by atoms with Gasteiger partial charge in [0.2, 0.25) is 5.89 Å². The predicted octanol–water partition coefficient (Wildman–Crippen LogP) is 1.69. The molecule has 0 saturated carbocycles. The molecule has 1 atom stereocenters. The molecule has 1 aliphatic rings. The molecular weight excluding hydrogens is 260 g/mol. The lowest BCUT2D eigenvalue weighted by Crippen LogP contribution is -2.44. The molecule has 1 saturated heterocycles. The summed E-state index contributed by atoms with van der Waals surface area (Å²) in [4.78, 5) is 6.91. The van der Waals surface area contributed by atoms with Crippen molar-refractivity contribution in [2.75, 3.05) is 26.2 Å². The van der Waals surface area contributed by atoms with E-state index in [1.807, 2.05) is 0 Å². The molecule has 2 aromatic rings. The average Bonchev–Trinajstić information content (AvgIpc) is 3.11. The molecule has 6 heteroatoms. The molecule has 1 aliphatic heterocycles. The minimum atomic E-state index is 0.224. The summed E-state index contributed by atoms with van der Waals surface area (Å²) in [6.45, 7) is 6.28. The number of nitrogens with one attached hydrogen (secondary N) is 1. The fourth-order valence-electron chi connectivity index (χ4n) is 2.31. The number of aromatic nitrogens is 2. The van der Waals surface area contributed by atoms with E-state index in [4.69, 9.17) is 4.52 Å². The Labute approximate surface area is 116 Å². The third-order valence-electron chi connectivity index (χ3n) is 3.49. The third-order valence-corrected chi connectivity index (χ3v) is 4.22. The van der Waals surface area contributed by atoms with Crippen LogP contribution in [0.25, 0.3) is 0 Å². The molecule has 0 spiro atoms. The Bertz CT molecular complexity index is 504. The molecule has 0 bridgehead atoms. The summed E-state index contributed by atoms with van der Waals surface area (Å²) < 4.78 is 5.35. The van der Waals surface area contributed by atoms with Crippen molar-refractivity contribution >= 4 is 11.3 Å². The van der Waals surface area contributed by atoms with Crippen LogP contribution >= 0.6 is 11.3 Å². The van der Waals surface area contributed by atoms with E-state index in [-0.39, 0.29) is 6.04 Å². The Morgan fingerprint density at radius 1 is 1.47 bits per heavy atom. The molecule has 0 radical (unpaired) electrons. The normalized spacial score (nSPS) is 18.6. The average molecular weight is 278 g/mol. The maximum absolute atomic E-state index is 5.35. The van der Waals surface area contributed by atoms with Crippen LogP contribution < -0.4 is 5.32 Å². The van der Waals surface area contributed by atoms with Crippen LogP contribution in [0, 0.1) is 0 Å². The summed E-state index contributed by atoms with van der Waals surface area (Å²) in [5.41, 5.74) is 1.23. The Morgan fingerprint density at radius 2 is 2.32 bits per heavy atom. The van der Waals surface area contributed by atoms with Crippen molar-refractivity contribution in [3.63, 3.8) is 0 Å². The molecule has 3 heterocycles. The minimum absolute atomic E-state index is 0.224. The van der Waals surface area contributed by atoms with E-state index in [1.54, 1.807) is 11.3 Å². The molecule has 1 unspecified atom stereocenters. The molecule has 19 heavy (non-hydrogen) atoms. The zero-order valence-corrected chi connectivity index (χ0v) is 11.8. The van der Waals surface area contributed by atoms with Crippen LogP contribution in [0.5, 0.6) is 0 Å². The second-order valence-corrected chi connectivity index (χ2v) is 5.60. The first-order valence-electron chi connectivity index (χ1n) is 6.61. The second kappa shape index (κ2) is 5.81. The van der Waals surface area contributed by atoms with Gasteiger partial charge in [0.15, 0.2) is 5.82 Å². The van der Waals surface area contributed by atoms with Crippen LogP contribution in [-0.4, -0.2) is 41.2 Å². The van der Waals surface area contributed by atoms with Gasteiger partial charge in [-0.15, -0.1) is 0 Å². The monoisotopic (exact) mass is 278 g/mol. The largest absolute Gasteiger partial charge is 0.339 e. The number of thiophene rings is 1. The maximum Gasteiger partial charge on any atom is 0.231 e. The van der Waals surface area contributed by atoms with Crippen molar-refractivity contribution in [1.82, 2.24) is 20.4 Å². The van der Waals surface area contributed by atoms with Crippen LogP contribution in [0.4, 0.5) is 0 Å². The number of piperazine rings is 1. The van der Waals surface area contributed by atoms with Gasteiger partial charge < -0.3 is 9.84 Å². The van der Waals surface area contributed by atoms with Gasteiger partial charge in [-0.1, -0.05) is 5.16 Å². The Kier molecular flexibility index (Phi) is 3.91. The van der Waals surface area contributed by atoms with Crippen LogP contribution in [0.1, 0.15) is 30.2 Å². The first kappa shape index (κ1) is 12.8. The van der Waals surface area contributed by atoms with Gasteiger partial charge in [-0.3, -0.25) is 4.90 Å². The smallest absolute Gasteiger partial charge is 0.231 e. The highest BCUT2D eigenvalue weighted by Gasteiger charge is 2.22. The molecular formula is C13H18N4OS. The van der Waals surface area contributed by atoms with Gasteiger partial charge in [0.05, 0.1) is 12.5 Å². The number of hydrogen-bond donors (Lipinski definition) is 1. The van der Waals surface area contributed by atoms with E-state index in [0.29, 0.717) is 5.89 Å². The van der Waals surface area contributed by atoms with E-state index in [1.165, 1.54) is 5.56 Å². The van der Waals surface area contributed by atoms with Crippen LogP contribution in [-0.2, 0) is 6.42 Å². The maximum atomic E-state index is 5.35. The van der Waals surface area contributed by atoms with Crippen LogP contribution in [0.3, 0.4) is 0 Å². The first-order valence-corrected chi connectivity index (χ1v) is 7.55. The lowest BCUT2D eigenvalue weighted by Gasteiger charge is -2.30. The van der Waals surface area contributed by atoms with Gasteiger partial charge in [0.25, 0.3) is 0 Å². The van der Waals surface area contributed by atoms with Gasteiger partial charge >= 0.3 is 0 Å². The molecule has 5 nitrogen and oxygen atoms in total. The van der Waals surface area contributed by atoms with Crippen LogP contribution in [0.15, 0.2) is 21.3 Å². The fourth-order valence-corrected chi connectivity index (χ4v) is 2.98. The fraction of sp³-hybridized carbons (Fsp3) is 0.538. The van der Waals surface area contributed by atoms with Crippen molar-refractivity contribution in [2.45, 2.75) is 19.4 Å². The van der Waals surface area contributed by atoms with Crippen molar-refractivity contribution in [2.24, 2.45) is 0 Å². The summed E-state index contributed by atoms with van der Waals surface area (Å²) >= 11 is 1.69. The van der Waals surface area contributed by atoms with E-state index >= 15 is 0 Å². The quantitative estimate of drug-likeness (QED) is 0.922. The van der Waals surface area contributed by atoms with Gasteiger partial charge in [-0.25, -0.2) is 0 Å².